The van der Waals surface area contributed by atoms with E-state index in [-0.39, 0.29) is 22.8 Å². The number of ether oxygens (including phenoxy) is 1. The lowest BCUT2D eigenvalue weighted by Gasteiger charge is -2.15. The summed E-state index contributed by atoms with van der Waals surface area (Å²) in [5.74, 6) is -0.233. The highest BCUT2D eigenvalue weighted by atomic mass is 79.9. The van der Waals surface area contributed by atoms with E-state index in [9.17, 15) is 13.2 Å². The number of amides is 1. The first-order valence-corrected chi connectivity index (χ1v) is 12.3. The molecule has 0 atom stereocenters. The fraction of sp³-hybridized carbons (Fsp3) is 0.208. The number of halogens is 1. The average molecular weight is 517 g/mol. The fourth-order valence-corrected chi connectivity index (χ4v) is 5.17. The lowest BCUT2D eigenvalue weighted by atomic mass is 10.1. The molecule has 0 saturated heterocycles. The Morgan fingerprint density at radius 1 is 1.06 bits per heavy atom. The van der Waals surface area contributed by atoms with Crippen LogP contribution in [0.2, 0.25) is 0 Å². The Labute approximate surface area is 197 Å². The zero-order valence-electron chi connectivity index (χ0n) is 18.1. The molecule has 0 unspecified atom stereocenters. The van der Waals surface area contributed by atoms with E-state index in [0.717, 1.165) is 33.3 Å². The van der Waals surface area contributed by atoms with Gasteiger partial charge in [0.25, 0.3) is 5.91 Å². The molecule has 6 nitrogen and oxygen atoms in total. The third-order valence-electron chi connectivity index (χ3n) is 5.03. The van der Waals surface area contributed by atoms with Gasteiger partial charge in [-0.3, -0.25) is 4.79 Å². The van der Waals surface area contributed by atoms with Crippen LogP contribution < -0.4 is 14.8 Å². The third kappa shape index (κ3) is 5.56. The van der Waals surface area contributed by atoms with E-state index in [4.69, 9.17) is 4.74 Å². The molecule has 8 heteroatoms. The summed E-state index contributed by atoms with van der Waals surface area (Å²) >= 11 is 3.48. The average Bonchev–Trinajstić information content (AvgIpc) is 2.79. The summed E-state index contributed by atoms with van der Waals surface area (Å²) in [7, 11) is -2.53. The van der Waals surface area contributed by atoms with Gasteiger partial charge in [0.05, 0.1) is 7.11 Å². The predicted molar refractivity (Wildman–Crippen MR) is 130 cm³/mol. The maximum absolute atomic E-state index is 13.0. The Morgan fingerprint density at radius 3 is 2.44 bits per heavy atom. The summed E-state index contributed by atoms with van der Waals surface area (Å²) in [6.07, 6.45) is 0.738. The smallest absolute Gasteiger partial charge is 0.255 e. The van der Waals surface area contributed by atoms with Gasteiger partial charge in [0, 0.05) is 22.3 Å². The fourth-order valence-electron chi connectivity index (χ4n) is 3.34. The van der Waals surface area contributed by atoms with Gasteiger partial charge in [-0.15, -0.1) is 0 Å². The molecular weight excluding hydrogens is 492 g/mol. The van der Waals surface area contributed by atoms with Crippen molar-refractivity contribution in [2.45, 2.75) is 31.7 Å². The second-order valence-electron chi connectivity index (χ2n) is 7.24. The number of hydrogen-bond donors (Lipinski definition) is 2. The zero-order chi connectivity index (χ0) is 23.3. The van der Waals surface area contributed by atoms with Crippen LogP contribution in [0, 0.1) is 6.92 Å². The van der Waals surface area contributed by atoms with E-state index in [2.05, 4.69) is 26.0 Å². The highest BCUT2D eigenvalue weighted by Crippen LogP contribution is 2.29. The molecule has 0 fully saturated rings. The van der Waals surface area contributed by atoms with Crippen molar-refractivity contribution in [3.05, 3.63) is 87.4 Å². The van der Waals surface area contributed by atoms with Crippen molar-refractivity contribution in [2.24, 2.45) is 0 Å². The SMILES string of the molecule is CCc1cc(Br)cc(C)c1NC(=O)c1ccc(OC)c(S(=O)(=O)NCc2ccccc2)c1. The molecule has 168 valence electrons. The summed E-state index contributed by atoms with van der Waals surface area (Å²) in [6, 6.07) is 17.4. The maximum atomic E-state index is 13.0. The monoisotopic (exact) mass is 516 g/mol. The summed E-state index contributed by atoms with van der Waals surface area (Å²) < 4.78 is 34.7. The Bertz CT molecular complexity index is 1230. The van der Waals surface area contributed by atoms with Crippen LogP contribution >= 0.6 is 15.9 Å². The van der Waals surface area contributed by atoms with Gasteiger partial charge >= 0.3 is 0 Å². The quantitative estimate of drug-likeness (QED) is 0.438. The van der Waals surface area contributed by atoms with Gasteiger partial charge in [-0.1, -0.05) is 53.2 Å². The van der Waals surface area contributed by atoms with Crippen molar-refractivity contribution >= 4 is 37.5 Å². The summed E-state index contributed by atoms with van der Waals surface area (Å²) in [4.78, 5) is 12.9. The Balaban J connectivity index is 1.90. The number of methoxy groups -OCH3 is 1. The molecule has 0 spiro atoms. The van der Waals surface area contributed by atoms with Crippen molar-refractivity contribution in [3.8, 4) is 5.75 Å². The van der Waals surface area contributed by atoms with Crippen molar-refractivity contribution in [3.63, 3.8) is 0 Å². The van der Waals surface area contributed by atoms with Gasteiger partial charge in [-0.2, -0.15) is 0 Å². The van der Waals surface area contributed by atoms with E-state index in [0.29, 0.717) is 0 Å². The van der Waals surface area contributed by atoms with Gasteiger partial charge in [0.2, 0.25) is 10.0 Å². The first-order chi connectivity index (χ1) is 15.2. The summed E-state index contributed by atoms with van der Waals surface area (Å²) in [6.45, 7) is 4.05. The number of aryl methyl sites for hydroxylation is 2. The Kier molecular flexibility index (Phi) is 7.71. The van der Waals surface area contributed by atoms with Gasteiger partial charge in [0.1, 0.15) is 10.6 Å². The predicted octanol–water partition coefficient (Wildman–Crippen LogP) is 5.06. The van der Waals surface area contributed by atoms with E-state index in [1.54, 1.807) is 6.07 Å². The molecule has 0 saturated carbocycles. The van der Waals surface area contributed by atoms with Crippen LogP contribution in [0.5, 0.6) is 5.75 Å². The van der Waals surface area contributed by atoms with E-state index in [1.807, 2.05) is 56.3 Å². The largest absolute Gasteiger partial charge is 0.495 e. The van der Waals surface area contributed by atoms with Crippen LogP contribution in [0.1, 0.15) is 34.0 Å². The first-order valence-electron chi connectivity index (χ1n) is 10.1. The number of hydrogen-bond acceptors (Lipinski definition) is 4. The topological polar surface area (TPSA) is 84.5 Å². The third-order valence-corrected chi connectivity index (χ3v) is 6.91. The molecule has 0 aromatic heterocycles. The molecule has 1 amide bonds. The molecule has 3 rings (SSSR count). The Hall–Kier alpha value is -2.68. The number of anilines is 1. The molecule has 3 aromatic rings. The van der Waals surface area contributed by atoms with Gasteiger partial charge < -0.3 is 10.1 Å². The Morgan fingerprint density at radius 2 is 1.78 bits per heavy atom. The molecular formula is C24H25BrN2O4S. The lowest BCUT2D eigenvalue weighted by Crippen LogP contribution is -2.24. The molecule has 0 aliphatic carbocycles. The number of carbonyl (C=O) groups is 1. The van der Waals surface area contributed by atoms with Gasteiger partial charge in [-0.05, 0) is 60.4 Å². The molecule has 0 bridgehead atoms. The van der Waals surface area contributed by atoms with Gasteiger partial charge in [0.15, 0.2) is 0 Å². The van der Waals surface area contributed by atoms with E-state index < -0.39 is 15.9 Å². The van der Waals surface area contributed by atoms with Crippen molar-refractivity contribution in [2.75, 3.05) is 12.4 Å². The van der Waals surface area contributed by atoms with Crippen LogP contribution in [-0.4, -0.2) is 21.4 Å². The number of sulfonamides is 1. The zero-order valence-corrected chi connectivity index (χ0v) is 20.5. The van der Waals surface area contributed by atoms with Crippen LogP contribution in [0.3, 0.4) is 0 Å². The molecule has 0 heterocycles. The van der Waals surface area contributed by atoms with Crippen LogP contribution in [0.4, 0.5) is 5.69 Å². The van der Waals surface area contributed by atoms with Crippen molar-refractivity contribution < 1.29 is 17.9 Å². The summed E-state index contributed by atoms with van der Waals surface area (Å²) in [5, 5.41) is 2.93. The molecule has 0 aliphatic rings. The second kappa shape index (κ2) is 10.3. The minimum absolute atomic E-state index is 0.0909. The van der Waals surface area contributed by atoms with Crippen LogP contribution in [0.25, 0.3) is 0 Å². The van der Waals surface area contributed by atoms with Gasteiger partial charge in [-0.25, -0.2) is 13.1 Å². The summed E-state index contributed by atoms with van der Waals surface area (Å²) in [5.41, 5.74) is 3.66. The highest BCUT2D eigenvalue weighted by Gasteiger charge is 2.22. The molecule has 32 heavy (non-hydrogen) atoms. The van der Waals surface area contributed by atoms with Crippen LogP contribution in [0.15, 0.2) is 70.0 Å². The number of carbonyl (C=O) groups excluding carboxylic acids is 1. The van der Waals surface area contributed by atoms with Crippen molar-refractivity contribution in [1.29, 1.82) is 0 Å². The minimum Gasteiger partial charge on any atom is -0.495 e. The lowest BCUT2D eigenvalue weighted by molar-refractivity contribution is 0.102. The standard InChI is InChI=1S/C24H25BrN2O4S/c1-4-18-13-20(25)12-16(2)23(18)27-24(28)19-10-11-21(31-3)22(14-19)32(29,30)26-15-17-8-6-5-7-9-17/h5-14,26H,4,15H2,1-3H3,(H,27,28). The van der Waals surface area contributed by atoms with Crippen molar-refractivity contribution in [1.82, 2.24) is 4.72 Å². The van der Waals surface area contributed by atoms with Crippen LogP contribution in [-0.2, 0) is 23.0 Å². The number of rotatable bonds is 8. The molecule has 0 aliphatic heterocycles. The highest BCUT2D eigenvalue weighted by molar-refractivity contribution is 9.10. The maximum Gasteiger partial charge on any atom is 0.255 e. The number of nitrogens with one attached hydrogen (secondary N) is 2. The normalized spacial score (nSPS) is 11.2. The molecule has 0 radical (unpaired) electrons. The molecule has 3 aromatic carbocycles. The number of benzene rings is 3. The van der Waals surface area contributed by atoms with E-state index >= 15 is 0 Å². The first kappa shape index (κ1) is 24.0. The minimum atomic E-state index is -3.92. The molecule has 2 N–H and O–H groups in total. The second-order valence-corrected chi connectivity index (χ2v) is 9.89. The van der Waals surface area contributed by atoms with E-state index in [1.165, 1.54) is 19.2 Å².